The van der Waals surface area contributed by atoms with Gasteiger partial charge >= 0.3 is 0 Å². The fourth-order valence-corrected chi connectivity index (χ4v) is 2.78. The number of nitrogens with zero attached hydrogens (tertiary/aromatic N) is 2. The molecule has 2 aromatic rings. The lowest BCUT2D eigenvalue weighted by molar-refractivity contribution is 0.259. The Kier molecular flexibility index (Phi) is 6.06. The number of hydrogen-bond donors (Lipinski definition) is 1. The van der Waals surface area contributed by atoms with E-state index in [0.29, 0.717) is 25.7 Å². The van der Waals surface area contributed by atoms with Crippen molar-refractivity contribution in [2.24, 2.45) is 4.99 Å². The van der Waals surface area contributed by atoms with Crippen molar-refractivity contribution in [3.05, 3.63) is 46.8 Å². The van der Waals surface area contributed by atoms with Crippen molar-refractivity contribution >= 4 is 5.90 Å². The summed E-state index contributed by atoms with van der Waals surface area (Å²) in [4.78, 5) is 4.29. The molecule has 0 fully saturated rings. The molecule has 3 rings (SSSR count). The lowest BCUT2D eigenvalue weighted by Crippen LogP contribution is -2.05. The standard InChI is InChI=1S/C19H24N2O4/c1-14-11-17(25-21-14)5-3-2-4-9-23-18-7-6-15(12-16(18)13-22)19-20-8-10-24-19/h6-7,11-12,22H,2-5,8-10,13H2,1H3. The van der Waals surface area contributed by atoms with Crippen LogP contribution in [0.3, 0.4) is 0 Å². The van der Waals surface area contributed by atoms with E-state index >= 15 is 0 Å². The molecule has 1 aromatic heterocycles. The van der Waals surface area contributed by atoms with Crippen LogP contribution in [0.25, 0.3) is 0 Å². The van der Waals surface area contributed by atoms with Gasteiger partial charge in [0, 0.05) is 23.6 Å². The Bertz CT molecular complexity index is 724. The molecule has 6 heteroatoms. The van der Waals surface area contributed by atoms with Gasteiger partial charge in [0.05, 0.1) is 25.5 Å². The van der Waals surface area contributed by atoms with Gasteiger partial charge in [0.2, 0.25) is 5.90 Å². The molecule has 1 aliphatic rings. The molecule has 0 bridgehead atoms. The second kappa shape index (κ2) is 8.67. The molecule has 134 valence electrons. The normalized spacial score (nSPS) is 13.6. The average Bonchev–Trinajstić information content (AvgIpc) is 3.30. The van der Waals surface area contributed by atoms with Crippen LogP contribution in [0.1, 0.15) is 41.8 Å². The third kappa shape index (κ3) is 4.82. The summed E-state index contributed by atoms with van der Waals surface area (Å²) in [5.74, 6) is 2.30. The topological polar surface area (TPSA) is 77.1 Å². The molecule has 25 heavy (non-hydrogen) atoms. The molecule has 0 unspecified atom stereocenters. The summed E-state index contributed by atoms with van der Waals surface area (Å²) in [5, 5.41) is 13.5. The van der Waals surface area contributed by atoms with Crippen molar-refractivity contribution in [1.29, 1.82) is 0 Å². The molecule has 0 amide bonds. The van der Waals surface area contributed by atoms with E-state index in [-0.39, 0.29) is 6.61 Å². The summed E-state index contributed by atoms with van der Waals surface area (Å²) in [6, 6.07) is 7.66. The van der Waals surface area contributed by atoms with Gasteiger partial charge in [-0.1, -0.05) is 5.16 Å². The van der Waals surface area contributed by atoms with Crippen LogP contribution in [-0.2, 0) is 17.8 Å². The van der Waals surface area contributed by atoms with E-state index in [1.165, 1.54) is 0 Å². The number of aliphatic imine (C=N–C) groups is 1. The zero-order valence-electron chi connectivity index (χ0n) is 14.5. The molecule has 0 atom stereocenters. The second-order valence-electron chi connectivity index (χ2n) is 6.11. The molecular weight excluding hydrogens is 320 g/mol. The van der Waals surface area contributed by atoms with Crippen molar-refractivity contribution in [3.63, 3.8) is 0 Å². The van der Waals surface area contributed by atoms with Crippen molar-refractivity contribution < 1.29 is 19.1 Å². The first kappa shape index (κ1) is 17.5. The predicted molar refractivity (Wildman–Crippen MR) is 94.0 cm³/mol. The summed E-state index contributed by atoms with van der Waals surface area (Å²) < 4.78 is 16.5. The second-order valence-corrected chi connectivity index (χ2v) is 6.11. The molecule has 0 saturated heterocycles. The van der Waals surface area contributed by atoms with Gasteiger partial charge in [-0.05, 0) is 44.4 Å². The number of aliphatic hydroxyl groups excluding tert-OH is 1. The van der Waals surface area contributed by atoms with Crippen LogP contribution in [0, 0.1) is 6.92 Å². The fraction of sp³-hybridized carbons (Fsp3) is 0.474. The minimum atomic E-state index is -0.0682. The molecule has 1 N–H and O–H groups in total. The number of aliphatic hydroxyl groups is 1. The quantitative estimate of drug-likeness (QED) is 0.708. The average molecular weight is 344 g/mol. The van der Waals surface area contributed by atoms with E-state index in [1.807, 2.05) is 31.2 Å². The van der Waals surface area contributed by atoms with Gasteiger partial charge in [0.15, 0.2) is 0 Å². The van der Waals surface area contributed by atoms with Crippen LogP contribution in [0.4, 0.5) is 0 Å². The van der Waals surface area contributed by atoms with E-state index in [0.717, 1.165) is 54.0 Å². The molecule has 1 aliphatic heterocycles. The monoisotopic (exact) mass is 344 g/mol. The highest BCUT2D eigenvalue weighted by Gasteiger charge is 2.13. The number of hydrogen-bond acceptors (Lipinski definition) is 6. The summed E-state index contributed by atoms with van der Waals surface area (Å²) >= 11 is 0. The summed E-state index contributed by atoms with van der Waals surface area (Å²) in [6.45, 7) is 3.79. The number of benzene rings is 1. The van der Waals surface area contributed by atoms with Crippen LogP contribution in [-0.4, -0.2) is 35.9 Å². The zero-order valence-corrected chi connectivity index (χ0v) is 14.5. The molecular formula is C19H24N2O4. The van der Waals surface area contributed by atoms with Crippen LogP contribution in [0.2, 0.25) is 0 Å². The molecule has 0 saturated carbocycles. The van der Waals surface area contributed by atoms with E-state index in [1.54, 1.807) is 0 Å². The molecule has 0 spiro atoms. The number of unbranched alkanes of at least 4 members (excludes halogenated alkanes) is 2. The smallest absolute Gasteiger partial charge is 0.216 e. The van der Waals surface area contributed by atoms with Gasteiger partial charge in [-0.3, -0.25) is 0 Å². The lowest BCUT2D eigenvalue weighted by atomic mass is 10.1. The summed E-state index contributed by atoms with van der Waals surface area (Å²) in [6.07, 6.45) is 3.95. The minimum Gasteiger partial charge on any atom is -0.493 e. The Morgan fingerprint density at radius 2 is 2.12 bits per heavy atom. The SMILES string of the molecule is Cc1cc(CCCCCOc2ccc(C3=NCCO3)cc2CO)on1. The van der Waals surface area contributed by atoms with Crippen LogP contribution < -0.4 is 4.74 Å². The van der Waals surface area contributed by atoms with Crippen molar-refractivity contribution in [3.8, 4) is 5.75 Å². The zero-order chi connectivity index (χ0) is 17.5. The first-order valence-corrected chi connectivity index (χ1v) is 8.72. The number of aromatic nitrogens is 1. The van der Waals surface area contributed by atoms with E-state index in [2.05, 4.69) is 10.1 Å². The molecule has 0 radical (unpaired) electrons. The van der Waals surface area contributed by atoms with Gasteiger partial charge < -0.3 is 19.1 Å². The molecule has 0 aliphatic carbocycles. The lowest BCUT2D eigenvalue weighted by Gasteiger charge is -2.12. The Hall–Kier alpha value is -2.34. The Morgan fingerprint density at radius 1 is 1.20 bits per heavy atom. The van der Waals surface area contributed by atoms with Crippen LogP contribution in [0.15, 0.2) is 33.8 Å². The van der Waals surface area contributed by atoms with Gasteiger partial charge in [-0.15, -0.1) is 0 Å². The Balaban J connectivity index is 1.43. The number of aryl methyl sites for hydroxylation is 2. The van der Waals surface area contributed by atoms with Crippen LogP contribution >= 0.6 is 0 Å². The van der Waals surface area contributed by atoms with E-state index in [9.17, 15) is 5.11 Å². The Labute approximate surface area is 147 Å². The highest BCUT2D eigenvalue weighted by Crippen LogP contribution is 2.22. The van der Waals surface area contributed by atoms with Crippen molar-refractivity contribution in [2.45, 2.75) is 39.2 Å². The Morgan fingerprint density at radius 3 is 2.84 bits per heavy atom. The highest BCUT2D eigenvalue weighted by molar-refractivity contribution is 5.95. The minimum absolute atomic E-state index is 0.0682. The number of ether oxygens (including phenoxy) is 2. The molecule has 6 nitrogen and oxygen atoms in total. The van der Waals surface area contributed by atoms with Gasteiger partial charge in [0.25, 0.3) is 0 Å². The van der Waals surface area contributed by atoms with E-state index in [4.69, 9.17) is 14.0 Å². The first-order valence-electron chi connectivity index (χ1n) is 8.72. The van der Waals surface area contributed by atoms with Crippen molar-refractivity contribution in [1.82, 2.24) is 5.16 Å². The molecule has 1 aromatic carbocycles. The summed E-state index contributed by atoms with van der Waals surface area (Å²) in [7, 11) is 0. The van der Waals surface area contributed by atoms with Crippen LogP contribution in [0.5, 0.6) is 5.75 Å². The van der Waals surface area contributed by atoms with Crippen molar-refractivity contribution in [2.75, 3.05) is 19.8 Å². The largest absolute Gasteiger partial charge is 0.493 e. The van der Waals surface area contributed by atoms with Gasteiger partial charge in [-0.2, -0.15) is 0 Å². The number of rotatable bonds is 9. The predicted octanol–water partition coefficient (Wildman–Crippen LogP) is 3.04. The fourth-order valence-electron chi connectivity index (χ4n) is 2.78. The van der Waals surface area contributed by atoms with Gasteiger partial charge in [0.1, 0.15) is 18.1 Å². The third-order valence-electron chi connectivity index (χ3n) is 4.07. The highest BCUT2D eigenvalue weighted by atomic mass is 16.5. The van der Waals surface area contributed by atoms with Gasteiger partial charge in [-0.25, -0.2) is 4.99 Å². The first-order chi connectivity index (χ1) is 12.3. The summed E-state index contributed by atoms with van der Waals surface area (Å²) in [5.41, 5.74) is 2.57. The molecule has 2 heterocycles. The maximum atomic E-state index is 9.58. The maximum Gasteiger partial charge on any atom is 0.216 e. The third-order valence-corrected chi connectivity index (χ3v) is 4.07. The maximum absolute atomic E-state index is 9.58. The van der Waals surface area contributed by atoms with E-state index < -0.39 is 0 Å².